The van der Waals surface area contributed by atoms with Crippen molar-refractivity contribution in [2.24, 2.45) is 0 Å². The first-order valence-electron chi connectivity index (χ1n) is 9.22. The van der Waals surface area contributed by atoms with Crippen molar-refractivity contribution in [1.29, 1.82) is 0 Å². The molecule has 1 heterocycles. The molecule has 1 saturated heterocycles. The number of carbonyl (C=O) groups excluding carboxylic acids is 1. The topological polar surface area (TPSA) is 38.8 Å². The highest BCUT2D eigenvalue weighted by atomic mass is 16.5. The van der Waals surface area contributed by atoms with Gasteiger partial charge in [-0.1, -0.05) is 42.5 Å². The van der Waals surface area contributed by atoms with Crippen LogP contribution in [0.3, 0.4) is 0 Å². The van der Waals surface area contributed by atoms with Crippen LogP contribution >= 0.6 is 0 Å². The summed E-state index contributed by atoms with van der Waals surface area (Å²) in [5.41, 5.74) is 2.09. The summed E-state index contributed by atoms with van der Waals surface area (Å²) in [4.78, 5) is 15.1. The molecule has 0 N–H and O–H groups in total. The quantitative estimate of drug-likeness (QED) is 0.712. The molecule has 1 aliphatic heterocycles. The highest BCUT2D eigenvalue weighted by molar-refractivity contribution is 5.78. The number of benzene rings is 2. The predicted octanol–water partition coefficient (Wildman–Crippen LogP) is 3.66. The van der Waals surface area contributed by atoms with E-state index in [1.807, 2.05) is 54.6 Å². The minimum absolute atomic E-state index is 0.146. The maximum Gasteiger partial charge on any atom is 0.313 e. The molecule has 2 aromatic carbocycles. The lowest BCUT2D eigenvalue weighted by atomic mass is 9.92. The number of rotatable bonds is 7. The Kier molecular flexibility index (Phi) is 6.29. The van der Waals surface area contributed by atoms with Crippen LogP contribution in [-0.4, -0.2) is 44.2 Å². The van der Waals surface area contributed by atoms with Crippen molar-refractivity contribution in [3.8, 4) is 5.75 Å². The first kappa shape index (κ1) is 18.5. The van der Waals surface area contributed by atoms with Gasteiger partial charge in [0.05, 0.1) is 13.0 Å². The van der Waals surface area contributed by atoms with E-state index in [-0.39, 0.29) is 11.9 Å². The largest absolute Gasteiger partial charge is 0.497 e. The zero-order valence-electron chi connectivity index (χ0n) is 15.6. The van der Waals surface area contributed by atoms with Gasteiger partial charge in [0.2, 0.25) is 0 Å². The molecule has 0 amide bonds. The molecule has 2 atom stereocenters. The van der Waals surface area contributed by atoms with E-state index in [0.29, 0.717) is 19.1 Å². The minimum atomic E-state index is -0.295. The fourth-order valence-electron chi connectivity index (χ4n) is 3.49. The van der Waals surface area contributed by atoms with Crippen LogP contribution in [0.25, 0.3) is 0 Å². The summed E-state index contributed by atoms with van der Waals surface area (Å²) < 4.78 is 10.9. The second-order valence-electron chi connectivity index (χ2n) is 6.92. The molecule has 2 aromatic rings. The zero-order valence-corrected chi connectivity index (χ0v) is 15.6. The number of carbonyl (C=O) groups is 1. The van der Waals surface area contributed by atoms with Crippen LogP contribution in [0.1, 0.15) is 29.9 Å². The third-order valence-corrected chi connectivity index (χ3v) is 5.17. The number of nitrogens with zero attached hydrogens (tertiary/aromatic N) is 1. The molecule has 0 bridgehead atoms. The van der Waals surface area contributed by atoms with Crippen LogP contribution in [0.4, 0.5) is 0 Å². The van der Waals surface area contributed by atoms with Gasteiger partial charge in [0.15, 0.2) is 0 Å². The van der Waals surface area contributed by atoms with Crippen LogP contribution in [0, 0.1) is 0 Å². The van der Waals surface area contributed by atoms with E-state index >= 15 is 0 Å². The Morgan fingerprint density at radius 2 is 1.88 bits per heavy atom. The van der Waals surface area contributed by atoms with Crippen LogP contribution in [0.5, 0.6) is 5.75 Å². The summed E-state index contributed by atoms with van der Waals surface area (Å²) in [5.74, 6) is 0.375. The van der Waals surface area contributed by atoms with Crippen molar-refractivity contribution >= 4 is 5.97 Å². The molecular weight excluding hydrogens is 326 g/mol. The number of likely N-dealkylation sites (tertiary alicyclic amines) is 1. The normalized spacial score (nSPS) is 18.5. The molecule has 4 heteroatoms. The average Bonchev–Trinajstić information content (AvgIpc) is 3.10. The van der Waals surface area contributed by atoms with Crippen molar-refractivity contribution in [3.63, 3.8) is 0 Å². The molecule has 26 heavy (non-hydrogen) atoms. The van der Waals surface area contributed by atoms with E-state index in [1.54, 1.807) is 7.11 Å². The molecule has 138 valence electrons. The number of methoxy groups -OCH3 is 1. The summed E-state index contributed by atoms with van der Waals surface area (Å²) in [6.45, 7) is 1.55. The monoisotopic (exact) mass is 353 g/mol. The van der Waals surface area contributed by atoms with E-state index in [9.17, 15) is 4.79 Å². The van der Waals surface area contributed by atoms with Crippen LogP contribution < -0.4 is 4.74 Å². The zero-order chi connectivity index (χ0) is 18.4. The minimum Gasteiger partial charge on any atom is -0.497 e. The van der Waals surface area contributed by atoms with Gasteiger partial charge in [-0.15, -0.1) is 0 Å². The summed E-state index contributed by atoms with van der Waals surface area (Å²) in [6, 6.07) is 18.1. The van der Waals surface area contributed by atoms with E-state index in [0.717, 1.165) is 29.8 Å². The Morgan fingerprint density at radius 3 is 2.50 bits per heavy atom. The van der Waals surface area contributed by atoms with Crippen molar-refractivity contribution in [2.45, 2.75) is 31.2 Å². The molecule has 3 rings (SSSR count). The molecule has 0 saturated carbocycles. The second kappa shape index (κ2) is 8.86. The molecule has 0 spiro atoms. The SMILES string of the molecule is COc1ccc(CC(C(=O)OCC2CCCN2C)c2ccccc2)cc1. The maximum absolute atomic E-state index is 12.9. The van der Waals surface area contributed by atoms with Gasteiger partial charge in [-0.3, -0.25) is 4.79 Å². The second-order valence-corrected chi connectivity index (χ2v) is 6.92. The van der Waals surface area contributed by atoms with E-state index in [1.165, 1.54) is 6.42 Å². The average molecular weight is 353 g/mol. The number of hydrogen-bond acceptors (Lipinski definition) is 4. The van der Waals surface area contributed by atoms with Gasteiger partial charge in [-0.2, -0.15) is 0 Å². The molecule has 4 nitrogen and oxygen atoms in total. The number of likely N-dealkylation sites (N-methyl/N-ethyl adjacent to an activating group) is 1. The first-order valence-corrected chi connectivity index (χ1v) is 9.22. The van der Waals surface area contributed by atoms with Gasteiger partial charge in [0.25, 0.3) is 0 Å². The molecule has 1 aliphatic rings. The van der Waals surface area contributed by atoms with Crippen molar-refractivity contribution < 1.29 is 14.3 Å². The van der Waals surface area contributed by atoms with Crippen LogP contribution in [0.2, 0.25) is 0 Å². The van der Waals surface area contributed by atoms with Crippen molar-refractivity contribution in [2.75, 3.05) is 27.3 Å². The number of ether oxygens (including phenoxy) is 2. The highest BCUT2D eigenvalue weighted by Crippen LogP contribution is 2.25. The lowest BCUT2D eigenvalue weighted by Crippen LogP contribution is -2.31. The Hall–Kier alpha value is -2.33. The fourth-order valence-corrected chi connectivity index (χ4v) is 3.49. The summed E-state index contributed by atoms with van der Waals surface area (Å²) >= 11 is 0. The van der Waals surface area contributed by atoms with Crippen molar-refractivity contribution in [1.82, 2.24) is 4.90 Å². The van der Waals surface area contributed by atoms with Gasteiger partial charge in [-0.25, -0.2) is 0 Å². The molecule has 2 unspecified atom stereocenters. The van der Waals surface area contributed by atoms with Gasteiger partial charge in [0.1, 0.15) is 12.4 Å². The van der Waals surface area contributed by atoms with Gasteiger partial charge in [-0.05, 0) is 56.1 Å². The Balaban J connectivity index is 1.71. The summed E-state index contributed by atoms with van der Waals surface area (Å²) in [6.07, 6.45) is 2.89. The van der Waals surface area contributed by atoms with Gasteiger partial charge < -0.3 is 14.4 Å². The lowest BCUT2D eigenvalue weighted by molar-refractivity contribution is -0.146. The molecule has 0 aliphatic carbocycles. The Labute approximate surface area is 155 Å². The maximum atomic E-state index is 12.9. The Morgan fingerprint density at radius 1 is 1.15 bits per heavy atom. The van der Waals surface area contributed by atoms with E-state index in [2.05, 4.69) is 11.9 Å². The standard InChI is InChI=1S/C22H27NO3/c1-23-14-6-9-19(23)16-26-22(24)21(18-7-4-3-5-8-18)15-17-10-12-20(25-2)13-11-17/h3-5,7-8,10-13,19,21H,6,9,14-16H2,1-2H3. The third-order valence-electron chi connectivity index (χ3n) is 5.17. The number of hydrogen-bond donors (Lipinski definition) is 0. The molecule has 0 aromatic heterocycles. The fraction of sp³-hybridized carbons (Fsp3) is 0.409. The third kappa shape index (κ3) is 4.64. The summed E-state index contributed by atoms with van der Waals surface area (Å²) in [7, 11) is 3.75. The van der Waals surface area contributed by atoms with Crippen LogP contribution in [-0.2, 0) is 16.0 Å². The van der Waals surface area contributed by atoms with Gasteiger partial charge >= 0.3 is 5.97 Å². The predicted molar refractivity (Wildman–Crippen MR) is 102 cm³/mol. The van der Waals surface area contributed by atoms with Gasteiger partial charge in [0, 0.05) is 6.04 Å². The molecule has 0 radical (unpaired) electrons. The smallest absolute Gasteiger partial charge is 0.313 e. The Bertz CT molecular complexity index is 699. The summed E-state index contributed by atoms with van der Waals surface area (Å²) in [5, 5.41) is 0. The lowest BCUT2D eigenvalue weighted by Gasteiger charge is -2.22. The first-order chi connectivity index (χ1) is 12.7. The molecular formula is C22H27NO3. The molecule has 1 fully saturated rings. The van der Waals surface area contributed by atoms with E-state index < -0.39 is 0 Å². The highest BCUT2D eigenvalue weighted by Gasteiger charge is 2.26. The van der Waals surface area contributed by atoms with Crippen molar-refractivity contribution in [3.05, 3.63) is 65.7 Å². The number of esters is 1. The van der Waals surface area contributed by atoms with E-state index in [4.69, 9.17) is 9.47 Å². The van der Waals surface area contributed by atoms with Crippen LogP contribution in [0.15, 0.2) is 54.6 Å².